The maximum Gasteiger partial charge on any atom is 0.266 e. The predicted octanol–water partition coefficient (Wildman–Crippen LogP) is 3.60. The topological polar surface area (TPSA) is 84.2 Å². The van der Waals surface area contributed by atoms with Crippen LogP contribution in [0.15, 0.2) is 40.3 Å². The number of carbonyl (C=O) groups excluding carboxylic acids is 1. The van der Waals surface area contributed by atoms with Gasteiger partial charge in [-0.2, -0.15) is 4.98 Å². The molecule has 6 nitrogen and oxygen atoms in total. The first kappa shape index (κ1) is 20.5. The van der Waals surface area contributed by atoms with E-state index in [4.69, 9.17) is 0 Å². The molecule has 1 aromatic heterocycles. The van der Waals surface area contributed by atoms with Crippen LogP contribution in [0.2, 0.25) is 0 Å². The van der Waals surface area contributed by atoms with Crippen molar-refractivity contribution in [1.29, 1.82) is 0 Å². The number of aromatic hydroxyl groups is 1. The molecule has 1 saturated carbocycles. The third-order valence-corrected chi connectivity index (χ3v) is 5.90. The maximum atomic E-state index is 13.1. The van der Waals surface area contributed by atoms with E-state index in [2.05, 4.69) is 10.3 Å². The summed E-state index contributed by atoms with van der Waals surface area (Å²) in [5.41, 5.74) is 0.640. The number of aromatic nitrogens is 2. The second-order valence-corrected chi connectivity index (χ2v) is 8.40. The van der Waals surface area contributed by atoms with Gasteiger partial charge in [-0.3, -0.25) is 14.2 Å². The van der Waals surface area contributed by atoms with Gasteiger partial charge in [-0.25, -0.2) is 0 Å². The van der Waals surface area contributed by atoms with Crippen molar-refractivity contribution in [2.24, 2.45) is 0 Å². The molecule has 1 heterocycles. The predicted molar refractivity (Wildman–Crippen MR) is 111 cm³/mol. The van der Waals surface area contributed by atoms with Crippen molar-refractivity contribution in [2.75, 3.05) is 5.75 Å². The van der Waals surface area contributed by atoms with Crippen LogP contribution in [-0.2, 0) is 4.79 Å². The van der Waals surface area contributed by atoms with E-state index in [0.29, 0.717) is 10.8 Å². The lowest BCUT2D eigenvalue weighted by Crippen LogP contribution is -2.37. The Bertz CT molecular complexity index is 874. The molecular formula is C21H27N3O3S. The van der Waals surface area contributed by atoms with Crippen LogP contribution in [-0.4, -0.2) is 32.4 Å². The van der Waals surface area contributed by atoms with Crippen LogP contribution in [0, 0.1) is 0 Å². The summed E-state index contributed by atoms with van der Waals surface area (Å²) in [6.07, 6.45) is 5.58. The molecule has 2 N–H and O–H groups in total. The highest BCUT2D eigenvalue weighted by molar-refractivity contribution is 7.99. The summed E-state index contributed by atoms with van der Waals surface area (Å²) < 4.78 is 1.48. The molecule has 1 aliphatic rings. The zero-order valence-corrected chi connectivity index (χ0v) is 17.2. The molecule has 3 rings (SSSR count). The molecule has 0 unspecified atom stereocenters. The first-order chi connectivity index (χ1) is 13.5. The Morgan fingerprint density at radius 2 is 1.93 bits per heavy atom. The number of rotatable bonds is 6. The van der Waals surface area contributed by atoms with Gasteiger partial charge in [0, 0.05) is 6.04 Å². The van der Waals surface area contributed by atoms with E-state index < -0.39 is 0 Å². The third-order valence-electron chi connectivity index (χ3n) is 4.96. The van der Waals surface area contributed by atoms with Gasteiger partial charge in [0.1, 0.15) is 0 Å². The summed E-state index contributed by atoms with van der Waals surface area (Å²) >= 11 is 1.17. The van der Waals surface area contributed by atoms with Gasteiger partial charge in [0.25, 0.3) is 5.56 Å². The molecule has 7 heteroatoms. The van der Waals surface area contributed by atoms with Crippen LogP contribution >= 0.6 is 11.8 Å². The second-order valence-electron chi connectivity index (χ2n) is 7.45. The molecule has 0 atom stereocenters. The molecule has 2 aromatic rings. The molecular weight excluding hydrogens is 374 g/mol. The molecule has 0 bridgehead atoms. The first-order valence-electron chi connectivity index (χ1n) is 9.81. The van der Waals surface area contributed by atoms with Crippen molar-refractivity contribution < 1.29 is 9.90 Å². The van der Waals surface area contributed by atoms with E-state index in [-0.39, 0.29) is 40.6 Å². The normalized spacial score (nSPS) is 15.0. The summed E-state index contributed by atoms with van der Waals surface area (Å²) in [7, 11) is 0. The molecule has 150 valence electrons. The Hall–Kier alpha value is -2.28. The van der Waals surface area contributed by atoms with Crippen molar-refractivity contribution in [1.82, 2.24) is 14.9 Å². The molecule has 28 heavy (non-hydrogen) atoms. The van der Waals surface area contributed by atoms with E-state index >= 15 is 0 Å². The average molecular weight is 402 g/mol. The number of hydrogen-bond acceptors (Lipinski definition) is 5. The van der Waals surface area contributed by atoms with Crippen molar-refractivity contribution in [3.63, 3.8) is 0 Å². The van der Waals surface area contributed by atoms with E-state index in [1.807, 2.05) is 44.2 Å². The Morgan fingerprint density at radius 3 is 2.57 bits per heavy atom. The van der Waals surface area contributed by atoms with Crippen LogP contribution in [0.25, 0.3) is 5.69 Å². The minimum absolute atomic E-state index is 0.0711. The zero-order chi connectivity index (χ0) is 20.1. The molecule has 1 amide bonds. The molecule has 1 aliphatic carbocycles. The Kier molecular flexibility index (Phi) is 6.78. The molecule has 1 aromatic carbocycles. The van der Waals surface area contributed by atoms with E-state index in [9.17, 15) is 14.7 Å². The van der Waals surface area contributed by atoms with E-state index in [1.165, 1.54) is 22.7 Å². The number of nitrogens with one attached hydrogen (secondary N) is 1. The molecule has 0 saturated heterocycles. The minimum atomic E-state index is -0.302. The van der Waals surface area contributed by atoms with Gasteiger partial charge in [-0.1, -0.05) is 63.1 Å². The fourth-order valence-corrected chi connectivity index (χ4v) is 4.37. The van der Waals surface area contributed by atoms with Gasteiger partial charge in [0.15, 0.2) is 5.16 Å². The van der Waals surface area contributed by atoms with Crippen LogP contribution in [0.3, 0.4) is 0 Å². The number of nitrogens with zero attached hydrogens (tertiary/aromatic N) is 2. The monoisotopic (exact) mass is 401 g/mol. The highest BCUT2D eigenvalue weighted by atomic mass is 32.2. The fourth-order valence-electron chi connectivity index (χ4n) is 3.56. The minimum Gasteiger partial charge on any atom is -0.493 e. The lowest BCUT2D eigenvalue weighted by molar-refractivity contribution is -0.119. The number of amides is 1. The smallest absolute Gasteiger partial charge is 0.266 e. The Morgan fingerprint density at radius 1 is 1.25 bits per heavy atom. The summed E-state index contributed by atoms with van der Waals surface area (Å²) in [6, 6.07) is 9.42. The third kappa shape index (κ3) is 4.76. The lowest BCUT2D eigenvalue weighted by atomic mass is 9.95. The van der Waals surface area contributed by atoms with Crippen molar-refractivity contribution in [2.45, 2.75) is 63.1 Å². The molecule has 0 aliphatic heterocycles. The van der Waals surface area contributed by atoms with Crippen LogP contribution in [0.5, 0.6) is 5.88 Å². The lowest BCUT2D eigenvalue weighted by Gasteiger charge is -2.22. The van der Waals surface area contributed by atoms with Crippen LogP contribution < -0.4 is 10.9 Å². The summed E-state index contributed by atoms with van der Waals surface area (Å²) in [4.78, 5) is 29.7. The number of thioether (sulfide) groups is 1. The summed E-state index contributed by atoms with van der Waals surface area (Å²) in [5, 5.41) is 13.7. The van der Waals surface area contributed by atoms with E-state index in [0.717, 1.165) is 25.7 Å². The summed E-state index contributed by atoms with van der Waals surface area (Å²) in [5.74, 6) is -0.347. The highest BCUT2D eigenvalue weighted by Gasteiger charge is 2.21. The second kappa shape index (κ2) is 9.28. The highest BCUT2D eigenvalue weighted by Crippen LogP contribution is 2.26. The van der Waals surface area contributed by atoms with Gasteiger partial charge < -0.3 is 10.4 Å². The number of carbonyl (C=O) groups is 1. The molecule has 1 fully saturated rings. The molecule has 0 spiro atoms. The number of hydrogen-bond donors (Lipinski definition) is 2. The standard InChI is InChI=1S/C21H27N3O3S/c1-14(2)18-19(26)23-21(24(20(18)27)16-11-7-4-8-12-16)28-13-17(25)22-15-9-5-3-6-10-15/h4,7-8,11-12,14-15,26H,3,5-6,9-10,13H2,1-2H3,(H,22,25). The van der Waals surface area contributed by atoms with Gasteiger partial charge in [0.05, 0.1) is 17.0 Å². The summed E-state index contributed by atoms with van der Waals surface area (Å²) in [6.45, 7) is 3.69. The van der Waals surface area contributed by atoms with Crippen LogP contribution in [0.4, 0.5) is 0 Å². The molecule has 0 radical (unpaired) electrons. The largest absolute Gasteiger partial charge is 0.493 e. The SMILES string of the molecule is CC(C)c1c(O)nc(SCC(=O)NC2CCCCC2)n(-c2ccccc2)c1=O. The van der Waals surface area contributed by atoms with Gasteiger partial charge in [0.2, 0.25) is 11.8 Å². The van der Waals surface area contributed by atoms with Crippen molar-refractivity contribution in [3.8, 4) is 11.6 Å². The van der Waals surface area contributed by atoms with Gasteiger partial charge in [-0.15, -0.1) is 0 Å². The van der Waals surface area contributed by atoms with Crippen LogP contribution in [0.1, 0.15) is 57.4 Å². The van der Waals surface area contributed by atoms with Gasteiger partial charge >= 0.3 is 0 Å². The maximum absolute atomic E-state index is 13.1. The number of benzene rings is 1. The van der Waals surface area contributed by atoms with Gasteiger partial charge in [-0.05, 0) is 30.9 Å². The number of para-hydroxylation sites is 1. The fraction of sp³-hybridized carbons (Fsp3) is 0.476. The Labute approximate surface area is 169 Å². The zero-order valence-electron chi connectivity index (χ0n) is 16.4. The quantitative estimate of drug-likeness (QED) is 0.571. The van der Waals surface area contributed by atoms with Crippen molar-refractivity contribution in [3.05, 3.63) is 46.2 Å². The first-order valence-corrected chi connectivity index (χ1v) is 10.8. The van der Waals surface area contributed by atoms with E-state index in [1.54, 1.807) is 0 Å². The Balaban J connectivity index is 1.85. The van der Waals surface area contributed by atoms with Crippen molar-refractivity contribution >= 4 is 17.7 Å². The average Bonchev–Trinajstić information content (AvgIpc) is 2.67.